The molecule has 0 fully saturated rings. The summed E-state index contributed by atoms with van der Waals surface area (Å²) in [6.45, 7) is 0. The van der Waals surface area contributed by atoms with Gasteiger partial charge in [0.25, 0.3) is 0 Å². The fraction of sp³-hybridized carbons (Fsp3) is 0. The second-order valence-electron chi connectivity index (χ2n) is 32.9. The van der Waals surface area contributed by atoms with E-state index in [4.69, 9.17) is 29.9 Å². The van der Waals surface area contributed by atoms with Crippen LogP contribution >= 0.6 is 0 Å². The van der Waals surface area contributed by atoms with E-state index in [0.29, 0.717) is 11.5 Å². The number of benzene rings is 16. The molecule has 0 spiro atoms. The Morgan fingerprint density at radius 1 is 0.246 bits per heavy atom. The molecule has 14 heteroatoms. The molecule has 0 amide bonds. The minimum atomic E-state index is 0.588. The van der Waals surface area contributed by atoms with E-state index in [2.05, 4.69) is 323 Å². The van der Waals surface area contributed by atoms with Crippen LogP contribution in [0.1, 0.15) is 5.56 Å². The normalized spacial score (nSPS) is 12.3. The van der Waals surface area contributed by atoms with Crippen LogP contribution in [-0.4, -0.2) is 61.8 Å². The largest absolute Gasteiger partial charge is 0.308 e. The Morgan fingerprint density at radius 3 is 1.17 bits per heavy atom. The minimum absolute atomic E-state index is 0.588. The molecule has 0 saturated carbocycles. The van der Waals surface area contributed by atoms with Crippen LogP contribution in [0.4, 0.5) is 0 Å². The van der Waals surface area contributed by atoms with Crippen LogP contribution in [0, 0.1) is 11.3 Å². The van der Waals surface area contributed by atoms with E-state index in [9.17, 15) is 5.26 Å². The zero-order valence-electron chi connectivity index (χ0n) is 67.1. The highest BCUT2D eigenvalue weighted by Crippen LogP contribution is 2.52. The van der Waals surface area contributed by atoms with Crippen LogP contribution < -0.4 is 0 Å². The fourth-order valence-corrected chi connectivity index (χ4v) is 21.4. The van der Waals surface area contributed by atoms with Crippen molar-refractivity contribution < 1.29 is 0 Å². The molecule has 0 aliphatic carbocycles. The Labute approximate surface area is 714 Å². The topological polar surface area (TPSA) is 142 Å². The van der Waals surface area contributed by atoms with E-state index < -0.39 is 0 Å². The average molecular weight is 1600 g/mol. The maximum atomic E-state index is 9.73. The van der Waals surface area contributed by atoms with Gasteiger partial charge in [-0.15, -0.1) is 0 Å². The molecular formula is C112H62N14. The molecule has 14 nitrogen and oxygen atoms in total. The summed E-state index contributed by atoms with van der Waals surface area (Å²) in [6.07, 6.45) is 5.52. The first kappa shape index (κ1) is 68.3. The van der Waals surface area contributed by atoms with Gasteiger partial charge in [-0.05, 0) is 133 Å². The van der Waals surface area contributed by atoms with Gasteiger partial charge in [0.2, 0.25) is 5.95 Å². The summed E-state index contributed by atoms with van der Waals surface area (Å²) in [5.41, 5.74) is 26.2. The number of para-hydroxylation sites is 12. The van der Waals surface area contributed by atoms with Crippen LogP contribution in [0.5, 0.6) is 0 Å². The number of pyridine rings is 3. The van der Waals surface area contributed by atoms with Gasteiger partial charge in [-0.1, -0.05) is 224 Å². The first-order valence-electron chi connectivity index (χ1n) is 42.4. The van der Waals surface area contributed by atoms with Crippen molar-refractivity contribution in [3.63, 3.8) is 0 Å². The van der Waals surface area contributed by atoms with Crippen LogP contribution in [-0.2, 0) is 0 Å². The third kappa shape index (κ3) is 9.32. The van der Waals surface area contributed by atoms with Crippen molar-refractivity contribution in [3.05, 3.63) is 382 Å². The number of hydrogen-bond donors (Lipinski definition) is 0. The quantitative estimate of drug-likeness (QED) is 0.155. The van der Waals surface area contributed by atoms with Crippen LogP contribution in [0.15, 0.2) is 377 Å². The van der Waals surface area contributed by atoms with E-state index >= 15 is 0 Å². The molecule has 14 heterocycles. The first-order valence-corrected chi connectivity index (χ1v) is 42.4. The lowest BCUT2D eigenvalue weighted by Crippen LogP contribution is -2.03. The Hall–Kier alpha value is -17.5. The smallest absolute Gasteiger partial charge is 0.235 e. The van der Waals surface area contributed by atoms with Crippen molar-refractivity contribution in [2.75, 3.05) is 0 Å². The van der Waals surface area contributed by atoms with E-state index in [1.54, 1.807) is 6.20 Å². The van der Waals surface area contributed by atoms with Crippen molar-refractivity contribution in [2.24, 2.45) is 0 Å². The predicted molar refractivity (Wildman–Crippen MR) is 516 cm³/mol. The van der Waals surface area contributed by atoms with Crippen molar-refractivity contribution in [1.82, 2.24) is 61.8 Å². The molecule has 0 saturated heterocycles. The number of fused-ring (bicyclic) bond motifs is 35. The zero-order chi connectivity index (χ0) is 82.3. The molecule has 30 aromatic rings. The first-order chi connectivity index (χ1) is 62.5. The van der Waals surface area contributed by atoms with Crippen molar-refractivity contribution >= 4 is 223 Å². The fourth-order valence-electron chi connectivity index (χ4n) is 21.4. The van der Waals surface area contributed by atoms with Gasteiger partial charge < -0.3 is 13.2 Å². The van der Waals surface area contributed by atoms with Gasteiger partial charge in [0.05, 0.1) is 128 Å². The van der Waals surface area contributed by atoms with Gasteiger partial charge >= 0.3 is 0 Å². The van der Waals surface area contributed by atoms with Crippen molar-refractivity contribution in [1.29, 1.82) is 5.26 Å². The molecule has 0 aliphatic rings. The standard InChI is InChI=1S/C39H21N5.C37H21N5.C36H20N4/c40-22-23-10-9-11-24(20-23)37-39(42-30-16-5-4-15-29(30)41-37)44-33-19-8-2-13-26(33)35-34(44)21-28-25-12-1-6-17-31(25)43-32-18-7-3-14-27(32)36(35)38(28)43;1-5-15-28-24(12-1)35(22-10-9-19-38-21-22)40-37(39-28)42-31-18-8-3-13-25(31)33-32(42)20-27-23-11-2-6-16-29(23)41-30-17-7-4-14-26(30)34(33)36(27)41;1-4-12-27-23(9-1)26-20-30-32(33-25-11-3-6-14-29(25)40(27)36(26)33)24-10-2-5-13-28(24)39(30)31-18-17-22-16-15-21-8-7-19-37-34(21)35(22)38-31/h1-21H;1-21H;1-20H. The Balaban J connectivity index is 0.0000000962. The molecule has 0 unspecified atom stereocenters. The summed E-state index contributed by atoms with van der Waals surface area (Å²) >= 11 is 0. The maximum absolute atomic E-state index is 9.73. The number of nitriles is 1. The molecule has 0 N–H and O–H groups in total. The van der Waals surface area contributed by atoms with E-state index in [1.807, 2.05) is 85.2 Å². The predicted octanol–water partition coefficient (Wildman–Crippen LogP) is 27.4. The van der Waals surface area contributed by atoms with Crippen molar-refractivity contribution in [2.45, 2.75) is 0 Å². The molecular weight excluding hydrogens is 1540 g/mol. The second-order valence-corrected chi connectivity index (χ2v) is 32.9. The maximum Gasteiger partial charge on any atom is 0.235 e. The number of nitrogens with zero attached hydrogens (tertiary/aromatic N) is 14. The molecule has 0 radical (unpaired) electrons. The highest BCUT2D eigenvalue weighted by Gasteiger charge is 2.31. The van der Waals surface area contributed by atoms with Crippen LogP contribution in [0.3, 0.4) is 0 Å². The monoisotopic (exact) mass is 1600 g/mol. The van der Waals surface area contributed by atoms with Gasteiger partial charge in [-0.2, -0.15) is 5.26 Å². The second kappa shape index (κ2) is 25.8. The Kier molecular flexibility index (Phi) is 14.0. The lowest BCUT2D eigenvalue weighted by molar-refractivity contribution is 1.01. The molecule has 0 atom stereocenters. The summed E-state index contributed by atoms with van der Waals surface area (Å²) in [5, 5.41) is 35.3. The lowest BCUT2D eigenvalue weighted by Gasteiger charge is -2.14. The summed E-state index contributed by atoms with van der Waals surface area (Å²) in [5.74, 6) is 2.30. The Bertz CT molecular complexity index is 9990. The number of rotatable bonds is 5. The van der Waals surface area contributed by atoms with Gasteiger partial charge in [-0.3, -0.25) is 23.7 Å². The molecule has 0 bridgehead atoms. The van der Waals surface area contributed by atoms with Crippen LogP contribution in [0.2, 0.25) is 0 Å². The highest BCUT2D eigenvalue weighted by atomic mass is 15.2. The Morgan fingerprint density at radius 2 is 0.651 bits per heavy atom. The molecule has 16 aromatic carbocycles. The van der Waals surface area contributed by atoms with Crippen molar-refractivity contribution in [3.8, 4) is 46.2 Å². The third-order valence-electron chi connectivity index (χ3n) is 26.4. The molecule has 126 heavy (non-hydrogen) atoms. The van der Waals surface area contributed by atoms with Gasteiger partial charge in [-0.25, -0.2) is 24.9 Å². The molecule has 0 aliphatic heterocycles. The van der Waals surface area contributed by atoms with Crippen LogP contribution in [0.25, 0.3) is 264 Å². The summed E-state index contributed by atoms with van der Waals surface area (Å²) in [4.78, 5) is 35.3. The number of hydrogen-bond acceptors (Lipinski definition) is 8. The van der Waals surface area contributed by atoms with Gasteiger partial charge in [0, 0.05) is 143 Å². The minimum Gasteiger partial charge on any atom is -0.308 e. The van der Waals surface area contributed by atoms with Gasteiger partial charge in [0.15, 0.2) is 5.82 Å². The van der Waals surface area contributed by atoms with E-state index in [-0.39, 0.29) is 0 Å². The summed E-state index contributed by atoms with van der Waals surface area (Å²) in [7, 11) is 0. The molecule has 30 rings (SSSR count). The molecule has 14 aromatic heterocycles. The zero-order valence-corrected chi connectivity index (χ0v) is 67.1. The third-order valence-corrected chi connectivity index (χ3v) is 26.4. The summed E-state index contributed by atoms with van der Waals surface area (Å²) in [6, 6.07) is 128. The van der Waals surface area contributed by atoms with E-state index in [1.165, 1.54) is 152 Å². The number of aromatic nitrogens is 13. The molecule has 580 valence electrons. The lowest BCUT2D eigenvalue weighted by atomic mass is 10.0. The highest BCUT2D eigenvalue weighted by molar-refractivity contribution is 6.39. The van der Waals surface area contributed by atoms with Gasteiger partial charge in [0.1, 0.15) is 11.5 Å². The van der Waals surface area contributed by atoms with E-state index in [0.717, 1.165) is 105 Å². The average Bonchev–Trinajstić information content (AvgIpc) is 1.52. The SMILES string of the molecule is N#Cc1cccc(-c2nc3ccccc3nc2-n2c3ccccc3c3c4c5ccccc5n5c6ccccc6c(cc32)c45)c1.c1cnc2c(c1)ccc1ccc(-n3c4ccccc4c4c5c6ccccc6n6c7ccccc7c(cc43)c56)nc12.c1cncc(-c2nc(-n3c4ccccc4c4c5c6ccccc6n6c7ccccc7c(cc43)c56)nc3ccccc23)c1. The summed E-state index contributed by atoms with van der Waals surface area (Å²) < 4.78 is 14.2.